The number of nitrogens with one attached hydrogen (secondary N) is 1. The van der Waals surface area contributed by atoms with Crippen molar-refractivity contribution in [1.29, 1.82) is 5.26 Å². The maximum atomic E-state index is 8.57. The minimum absolute atomic E-state index is 0.430. The van der Waals surface area contributed by atoms with E-state index in [1.807, 2.05) is 0 Å². The summed E-state index contributed by atoms with van der Waals surface area (Å²) in [6, 6.07) is 2.13. The third kappa shape index (κ3) is 3.86. The van der Waals surface area contributed by atoms with Crippen molar-refractivity contribution < 1.29 is 0 Å². The van der Waals surface area contributed by atoms with Crippen molar-refractivity contribution in [2.24, 2.45) is 0 Å². The lowest BCUT2D eigenvalue weighted by Crippen LogP contribution is -2.30. The zero-order valence-corrected chi connectivity index (χ0v) is 10.3. The summed E-state index contributed by atoms with van der Waals surface area (Å²) in [6.45, 7) is 3.70. The number of aromatic nitrogens is 2. The molecule has 0 aromatic carbocycles. The molecule has 1 aliphatic rings. The van der Waals surface area contributed by atoms with E-state index in [9.17, 15) is 0 Å². The van der Waals surface area contributed by atoms with Crippen LogP contribution in [0.4, 0.5) is 0 Å². The van der Waals surface area contributed by atoms with Gasteiger partial charge in [0.2, 0.25) is 0 Å². The minimum Gasteiger partial charge on any atom is -0.345 e. The lowest BCUT2D eigenvalue weighted by molar-refractivity contribution is 0.226. The van der Waals surface area contributed by atoms with Crippen LogP contribution in [-0.4, -0.2) is 34.5 Å². The standard InChI is InChI=1S/C13H20N4/c14-7-6-12-11-15-13(16-12)5-4-10-17-8-2-1-3-9-17/h11H,1-6,8-10H2,(H,15,16). The SMILES string of the molecule is N#CCc1cnc(CCCN2CCCCC2)[nH]1. The maximum Gasteiger partial charge on any atom is 0.106 e. The van der Waals surface area contributed by atoms with E-state index in [2.05, 4.69) is 20.9 Å². The highest BCUT2D eigenvalue weighted by Crippen LogP contribution is 2.09. The number of H-pyrrole nitrogens is 1. The zero-order chi connectivity index (χ0) is 11.9. The van der Waals surface area contributed by atoms with Crippen LogP contribution in [0.25, 0.3) is 0 Å². The molecule has 2 heterocycles. The minimum atomic E-state index is 0.430. The number of imidazole rings is 1. The summed E-state index contributed by atoms with van der Waals surface area (Å²) in [6.07, 6.45) is 8.45. The number of aryl methyl sites for hydroxylation is 1. The second-order valence-electron chi connectivity index (χ2n) is 4.70. The molecule has 0 aliphatic carbocycles. The molecular weight excluding hydrogens is 212 g/mol. The molecule has 0 spiro atoms. The Morgan fingerprint density at radius 1 is 1.35 bits per heavy atom. The van der Waals surface area contributed by atoms with Gasteiger partial charge in [-0.25, -0.2) is 4.98 Å². The van der Waals surface area contributed by atoms with E-state index in [-0.39, 0.29) is 0 Å². The van der Waals surface area contributed by atoms with Crippen LogP contribution in [-0.2, 0) is 12.8 Å². The highest BCUT2D eigenvalue weighted by molar-refractivity contribution is 5.06. The van der Waals surface area contributed by atoms with Gasteiger partial charge in [0.25, 0.3) is 0 Å². The number of hydrogen-bond donors (Lipinski definition) is 1. The van der Waals surface area contributed by atoms with Gasteiger partial charge in [0.05, 0.1) is 12.5 Å². The molecule has 1 aromatic heterocycles. The summed E-state index contributed by atoms with van der Waals surface area (Å²) < 4.78 is 0. The third-order valence-corrected chi connectivity index (χ3v) is 3.29. The van der Waals surface area contributed by atoms with E-state index in [1.54, 1.807) is 6.20 Å². The Kier molecular flexibility index (Phi) is 4.57. The van der Waals surface area contributed by atoms with E-state index in [0.717, 1.165) is 24.4 Å². The van der Waals surface area contributed by atoms with Gasteiger partial charge in [-0.2, -0.15) is 5.26 Å². The average Bonchev–Trinajstić information content (AvgIpc) is 2.79. The molecule has 1 saturated heterocycles. The zero-order valence-electron chi connectivity index (χ0n) is 10.3. The molecule has 17 heavy (non-hydrogen) atoms. The van der Waals surface area contributed by atoms with Crippen LogP contribution in [0.15, 0.2) is 6.20 Å². The van der Waals surface area contributed by atoms with E-state index in [0.29, 0.717) is 6.42 Å². The number of nitrogens with zero attached hydrogens (tertiary/aromatic N) is 3. The Morgan fingerprint density at radius 2 is 2.18 bits per heavy atom. The molecule has 0 bridgehead atoms. The van der Waals surface area contributed by atoms with Gasteiger partial charge < -0.3 is 9.88 Å². The van der Waals surface area contributed by atoms with Crippen LogP contribution in [0, 0.1) is 11.3 Å². The first-order valence-corrected chi connectivity index (χ1v) is 6.50. The second kappa shape index (κ2) is 6.41. The molecular formula is C13H20N4. The Bertz CT molecular complexity index is 371. The predicted molar refractivity (Wildman–Crippen MR) is 66.5 cm³/mol. The van der Waals surface area contributed by atoms with E-state index in [1.165, 1.54) is 38.9 Å². The van der Waals surface area contributed by atoms with Crippen LogP contribution in [0.3, 0.4) is 0 Å². The van der Waals surface area contributed by atoms with E-state index in [4.69, 9.17) is 5.26 Å². The molecule has 4 nitrogen and oxygen atoms in total. The lowest BCUT2D eigenvalue weighted by atomic mass is 10.1. The monoisotopic (exact) mass is 232 g/mol. The Hall–Kier alpha value is -1.34. The quantitative estimate of drug-likeness (QED) is 0.843. The largest absolute Gasteiger partial charge is 0.345 e. The van der Waals surface area contributed by atoms with Gasteiger partial charge in [-0.3, -0.25) is 0 Å². The molecule has 2 rings (SSSR count). The molecule has 0 saturated carbocycles. The molecule has 1 N–H and O–H groups in total. The number of piperidine rings is 1. The molecule has 0 radical (unpaired) electrons. The fraction of sp³-hybridized carbons (Fsp3) is 0.692. The van der Waals surface area contributed by atoms with Gasteiger partial charge >= 0.3 is 0 Å². The van der Waals surface area contributed by atoms with Gasteiger partial charge in [0.1, 0.15) is 5.82 Å². The summed E-state index contributed by atoms with van der Waals surface area (Å²) >= 11 is 0. The highest BCUT2D eigenvalue weighted by atomic mass is 15.1. The maximum absolute atomic E-state index is 8.57. The van der Waals surface area contributed by atoms with E-state index < -0.39 is 0 Å². The smallest absolute Gasteiger partial charge is 0.106 e. The first-order chi connectivity index (χ1) is 8.38. The molecule has 1 fully saturated rings. The molecule has 1 aliphatic heterocycles. The fourth-order valence-electron chi connectivity index (χ4n) is 2.36. The molecule has 0 atom stereocenters. The topological polar surface area (TPSA) is 55.7 Å². The molecule has 0 amide bonds. The predicted octanol–water partition coefficient (Wildman–Crippen LogP) is 1.89. The van der Waals surface area contributed by atoms with Gasteiger partial charge in [0, 0.05) is 18.3 Å². The van der Waals surface area contributed by atoms with Crippen molar-refractivity contribution in [2.45, 2.75) is 38.5 Å². The first-order valence-electron chi connectivity index (χ1n) is 6.50. The number of likely N-dealkylation sites (tertiary alicyclic amines) is 1. The van der Waals surface area contributed by atoms with Gasteiger partial charge in [-0.05, 0) is 38.9 Å². The average molecular weight is 232 g/mol. The Balaban J connectivity index is 1.68. The lowest BCUT2D eigenvalue weighted by Gasteiger charge is -2.26. The number of aromatic amines is 1. The van der Waals surface area contributed by atoms with Crippen LogP contribution in [0.5, 0.6) is 0 Å². The third-order valence-electron chi connectivity index (χ3n) is 3.29. The van der Waals surface area contributed by atoms with Crippen LogP contribution < -0.4 is 0 Å². The van der Waals surface area contributed by atoms with Crippen molar-refractivity contribution in [3.8, 4) is 6.07 Å². The van der Waals surface area contributed by atoms with Crippen molar-refractivity contribution in [2.75, 3.05) is 19.6 Å². The Labute approximate surface area is 103 Å². The van der Waals surface area contributed by atoms with Gasteiger partial charge in [0.15, 0.2) is 0 Å². The molecule has 1 aromatic rings. The molecule has 92 valence electrons. The second-order valence-corrected chi connectivity index (χ2v) is 4.70. The van der Waals surface area contributed by atoms with Gasteiger partial charge in [-0.15, -0.1) is 0 Å². The van der Waals surface area contributed by atoms with Crippen molar-refractivity contribution in [3.63, 3.8) is 0 Å². The molecule has 0 unspecified atom stereocenters. The Morgan fingerprint density at radius 3 is 2.94 bits per heavy atom. The van der Waals surface area contributed by atoms with Crippen molar-refractivity contribution >= 4 is 0 Å². The molecule has 4 heteroatoms. The summed E-state index contributed by atoms with van der Waals surface area (Å²) in [5.74, 6) is 1.02. The van der Waals surface area contributed by atoms with E-state index >= 15 is 0 Å². The highest BCUT2D eigenvalue weighted by Gasteiger charge is 2.09. The summed E-state index contributed by atoms with van der Waals surface area (Å²) in [5.41, 5.74) is 0.931. The normalized spacial score (nSPS) is 16.9. The number of hydrogen-bond acceptors (Lipinski definition) is 3. The van der Waals surface area contributed by atoms with Crippen molar-refractivity contribution in [3.05, 3.63) is 17.7 Å². The van der Waals surface area contributed by atoms with Crippen molar-refractivity contribution in [1.82, 2.24) is 14.9 Å². The summed E-state index contributed by atoms with van der Waals surface area (Å²) in [7, 11) is 0. The number of nitriles is 1. The van der Waals surface area contributed by atoms with Crippen LogP contribution in [0.1, 0.15) is 37.2 Å². The van der Waals surface area contributed by atoms with Crippen LogP contribution >= 0.6 is 0 Å². The number of rotatable bonds is 5. The summed E-state index contributed by atoms with van der Waals surface area (Å²) in [5, 5.41) is 8.57. The van der Waals surface area contributed by atoms with Gasteiger partial charge in [-0.1, -0.05) is 6.42 Å². The first kappa shape index (κ1) is 12.1. The van der Waals surface area contributed by atoms with Crippen LogP contribution in [0.2, 0.25) is 0 Å². The fourth-order valence-corrected chi connectivity index (χ4v) is 2.36. The summed E-state index contributed by atoms with van der Waals surface area (Å²) in [4.78, 5) is 10.0.